The molecule has 76 valence electrons. The van der Waals surface area contributed by atoms with Gasteiger partial charge in [0.05, 0.1) is 16.8 Å². The second-order valence-corrected chi connectivity index (χ2v) is 3.91. The molecule has 1 aromatic heterocycles. The molecule has 0 unspecified atom stereocenters. The van der Waals surface area contributed by atoms with Gasteiger partial charge in [0, 0.05) is 17.0 Å². The summed E-state index contributed by atoms with van der Waals surface area (Å²) in [7, 11) is 0. The van der Waals surface area contributed by atoms with E-state index in [9.17, 15) is 4.79 Å². The molecule has 4 nitrogen and oxygen atoms in total. The fourth-order valence-corrected chi connectivity index (χ4v) is 2.02. The number of hydrazine groups is 1. The maximum atomic E-state index is 11.7. The van der Waals surface area contributed by atoms with Gasteiger partial charge in [0.2, 0.25) is 0 Å². The molecule has 0 saturated heterocycles. The molecule has 1 aliphatic rings. The first kappa shape index (κ1) is 8.76. The molecule has 2 heterocycles. The largest absolute Gasteiger partial charge is 0.321 e. The van der Waals surface area contributed by atoms with E-state index in [4.69, 9.17) is 11.6 Å². The number of aromatic nitrogens is 1. The van der Waals surface area contributed by atoms with E-state index in [2.05, 4.69) is 15.8 Å². The average Bonchev–Trinajstić information content (AvgIpc) is 2.66. The predicted octanol–water partition coefficient (Wildman–Crippen LogP) is 1.61. The van der Waals surface area contributed by atoms with Crippen LogP contribution in [-0.2, 0) is 6.54 Å². The highest BCUT2D eigenvalue weighted by Gasteiger charge is 2.16. The summed E-state index contributed by atoms with van der Waals surface area (Å²) in [6.45, 7) is 0.545. The van der Waals surface area contributed by atoms with E-state index >= 15 is 0 Å². The van der Waals surface area contributed by atoms with Crippen molar-refractivity contribution in [3.8, 4) is 0 Å². The number of pyridine rings is 1. The average molecular weight is 222 g/mol. The molecular formula is C10H8ClN3O. The van der Waals surface area contributed by atoms with Gasteiger partial charge in [-0.25, -0.2) is 5.43 Å². The van der Waals surface area contributed by atoms with Crippen LogP contribution in [0.15, 0.2) is 23.0 Å². The van der Waals surface area contributed by atoms with Crippen LogP contribution < -0.4 is 16.4 Å². The smallest absolute Gasteiger partial charge is 0.255 e. The second-order valence-electron chi connectivity index (χ2n) is 3.48. The molecular weight excluding hydrogens is 214 g/mol. The van der Waals surface area contributed by atoms with E-state index in [1.807, 2.05) is 12.1 Å². The molecule has 5 heteroatoms. The Morgan fingerprint density at radius 3 is 3.07 bits per heavy atom. The number of H-pyrrole nitrogens is 1. The normalized spacial score (nSPS) is 13.9. The van der Waals surface area contributed by atoms with Gasteiger partial charge in [-0.15, -0.1) is 0 Å². The van der Waals surface area contributed by atoms with Crippen molar-refractivity contribution in [2.75, 3.05) is 5.43 Å². The van der Waals surface area contributed by atoms with E-state index in [0.717, 1.165) is 22.2 Å². The first-order chi connectivity index (χ1) is 7.25. The van der Waals surface area contributed by atoms with Crippen LogP contribution in [0.2, 0.25) is 5.02 Å². The second kappa shape index (κ2) is 2.98. The van der Waals surface area contributed by atoms with Crippen LogP contribution in [0.4, 0.5) is 5.69 Å². The highest BCUT2D eigenvalue weighted by Crippen LogP contribution is 2.27. The van der Waals surface area contributed by atoms with Crippen LogP contribution in [0.3, 0.4) is 0 Å². The molecule has 0 aliphatic carbocycles. The van der Waals surface area contributed by atoms with Crippen molar-refractivity contribution < 1.29 is 0 Å². The van der Waals surface area contributed by atoms with Crippen molar-refractivity contribution >= 4 is 28.2 Å². The number of fused-ring (bicyclic) bond motifs is 3. The highest BCUT2D eigenvalue weighted by atomic mass is 35.5. The first-order valence-electron chi connectivity index (χ1n) is 4.59. The Kier molecular flexibility index (Phi) is 1.74. The zero-order valence-electron chi connectivity index (χ0n) is 7.73. The number of hydrogen-bond acceptors (Lipinski definition) is 3. The Balaban J connectivity index is 2.48. The minimum Gasteiger partial charge on any atom is -0.321 e. The van der Waals surface area contributed by atoms with E-state index in [-0.39, 0.29) is 5.56 Å². The van der Waals surface area contributed by atoms with Gasteiger partial charge in [-0.2, -0.15) is 0 Å². The molecule has 15 heavy (non-hydrogen) atoms. The van der Waals surface area contributed by atoms with Crippen molar-refractivity contribution in [3.05, 3.63) is 39.1 Å². The molecule has 0 saturated carbocycles. The van der Waals surface area contributed by atoms with E-state index in [0.29, 0.717) is 11.6 Å². The van der Waals surface area contributed by atoms with Crippen LogP contribution in [0.1, 0.15) is 5.56 Å². The molecule has 2 aromatic rings. The Labute approximate surface area is 90.2 Å². The zero-order valence-corrected chi connectivity index (χ0v) is 8.48. The van der Waals surface area contributed by atoms with Gasteiger partial charge in [-0.1, -0.05) is 11.6 Å². The Morgan fingerprint density at radius 1 is 1.33 bits per heavy atom. The molecule has 0 fully saturated rings. The quantitative estimate of drug-likeness (QED) is 0.634. The van der Waals surface area contributed by atoms with Gasteiger partial charge in [-0.05, 0) is 18.2 Å². The molecule has 0 amide bonds. The Hall–Kier alpha value is -1.52. The zero-order chi connectivity index (χ0) is 10.4. The fraction of sp³-hybridized carbons (Fsp3) is 0.100. The molecule has 0 spiro atoms. The molecule has 3 N–H and O–H groups in total. The number of nitrogens with one attached hydrogen (secondary N) is 3. The first-order valence-corrected chi connectivity index (χ1v) is 4.97. The maximum absolute atomic E-state index is 11.7. The van der Waals surface area contributed by atoms with Crippen LogP contribution in [0, 0.1) is 0 Å². The number of hydrogen-bond donors (Lipinski definition) is 3. The lowest BCUT2D eigenvalue weighted by molar-refractivity contribution is 0.853. The van der Waals surface area contributed by atoms with Crippen LogP contribution in [0.25, 0.3) is 10.9 Å². The molecule has 3 rings (SSSR count). The standard InChI is InChI=1S/C10H8ClN3O/c11-5-1-2-6-8(3-5)13-10(15)7-4-12-14-9(6)7/h1-3,12,14H,4H2,(H,13,15). The van der Waals surface area contributed by atoms with Crippen LogP contribution in [0.5, 0.6) is 0 Å². The minimum absolute atomic E-state index is 0.0720. The number of benzene rings is 1. The monoisotopic (exact) mass is 221 g/mol. The van der Waals surface area contributed by atoms with Crippen LogP contribution in [-0.4, -0.2) is 4.98 Å². The third-order valence-electron chi connectivity index (χ3n) is 2.55. The molecule has 0 atom stereocenters. The van der Waals surface area contributed by atoms with Gasteiger partial charge >= 0.3 is 0 Å². The topological polar surface area (TPSA) is 56.9 Å². The molecule has 1 aliphatic heterocycles. The summed E-state index contributed by atoms with van der Waals surface area (Å²) in [5, 5.41) is 1.59. The van der Waals surface area contributed by atoms with E-state index in [1.165, 1.54) is 0 Å². The van der Waals surface area contributed by atoms with Crippen LogP contribution >= 0.6 is 11.6 Å². The van der Waals surface area contributed by atoms with E-state index < -0.39 is 0 Å². The minimum atomic E-state index is -0.0720. The number of aromatic amines is 1. The van der Waals surface area contributed by atoms with E-state index in [1.54, 1.807) is 6.07 Å². The van der Waals surface area contributed by atoms with Gasteiger partial charge in [-0.3, -0.25) is 4.79 Å². The van der Waals surface area contributed by atoms with Gasteiger partial charge in [0.1, 0.15) is 0 Å². The summed E-state index contributed by atoms with van der Waals surface area (Å²) in [5.74, 6) is 0. The lowest BCUT2D eigenvalue weighted by Crippen LogP contribution is -2.13. The van der Waals surface area contributed by atoms with Gasteiger partial charge in [0.25, 0.3) is 5.56 Å². The van der Waals surface area contributed by atoms with Gasteiger partial charge in [0.15, 0.2) is 0 Å². The third-order valence-corrected chi connectivity index (χ3v) is 2.79. The molecule has 1 aromatic carbocycles. The van der Waals surface area contributed by atoms with Crippen molar-refractivity contribution in [1.29, 1.82) is 0 Å². The lowest BCUT2D eigenvalue weighted by Gasteiger charge is -2.04. The third kappa shape index (κ3) is 1.22. The summed E-state index contributed by atoms with van der Waals surface area (Å²) in [6, 6.07) is 5.45. The molecule has 0 bridgehead atoms. The summed E-state index contributed by atoms with van der Waals surface area (Å²) >= 11 is 5.86. The lowest BCUT2D eigenvalue weighted by atomic mass is 10.1. The fourth-order valence-electron chi connectivity index (χ4n) is 1.84. The maximum Gasteiger partial charge on any atom is 0.255 e. The highest BCUT2D eigenvalue weighted by molar-refractivity contribution is 6.31. The number of halogens is 1. The number of rotatable bonds is 0. The SMILES string of the molecule is O=c1[nH]c2cc(Cl)ccc2c2c1CNN2. The summed E-state index contributed by atoms with van der Waals surface area (Å²) in [4.78, 5) is 14.5. The Bertz CT molecular complexity index is 605. The summed E-state index contributed by atoms with van der Waals surface area (Å²) < 4.78 is 0. The van der Waals surface area contributed by atoms with Crippen molar-refractivity contribution in [2.45, 2.75) is 6.54 Å². The van der Waals surface area contributed by atoms with Crippen molar-refractivity contribution in [3.63, 3.8) is 0 Å². The van der Waals surface area contributed by atoms with Crippen molar-refractivity contribution in [2.24, 2.45) is 0 Å². The summed E-state index contributed by atoms with van der Waals surface area (Å²) in [5.41, 5.74) is 8.20. The van der Waals surface area contributed by atoms with Gasteiger partial charge < -0.3 is 10.4 Å². The Morgan fingerprint density at radius 2 is 2.20 bits per heavy atom. The number of anilines is 1. The predicted molar refractivity (Wildman–Crippen MR) is 60.0 cm³/mol. The summed E-state index contributed by atoms with van der Waals surface area (Å²) in [6.07, 6.45) is 0. The molecule has 0 radical (unpaired) electrons. The van der Waals surface area contributed by atoms with Crippen molar-refractivity contribution in [1.82, 2.24) is 10.4 Å².